The molecular formula is C29H39BrN6O2. The number of carbonyl (C=O) groups is 2. The molecule has 3 aliphatic rings. The Balaban J connectivity index is 1.21. The topological polar surface area (TPSA) is 81.7 Å². The van der Waals surface area contributed by atoms with Gasteiger partial charge in [0.15, 0.2) is 0 Å². The molecule has 3 heterocycles. The van der Waals surface area contributed by atoms with E-state index in [0.29, 0.717) is 23.3 Å². The van der Waals surface area contributed by atoms with Crippen molar-refractivity contribution in [3.05, 3.63) is 46.2 Å². The van der Waals surface area contributed by atoms with E-state index >= 15 is 0 Å². The van der Waals surface area contributed by atoms with Crippen molar-refractivity contribution in [3.63, 3.8) is 0 Å². The Labute approximate surface area is 234 Å². The second kappa shape index (κ2) is 12.1. The molecule has 1 aromatic carbocycles. The number of halogens is 1. The van der Waals surface area contributed by atoms with Gasteiger partial charge in [0.05, 0.1) is 10.2 Å². The Morgan fingerprint density at radius 1 is 1.03 bits per heavy atom. The molecule has 5 rings (SSSR count). The summed E-state index contributed by atoms with van der Waals surface area (Å²) in [6.07, 6.45) is 9.95. The first-order valence-corrected chi connectivity index (χ1v) is 14.8. The van der Waals surface area contributed by atoms with Crippen LogP contribution < -0.4 is 5.32 Å². The number of nitrogens with zero attached hydrogens (tertiary/aromatic N) is 5. The number of piperidine rings is 1. The molecule has 38 heavy (non-hydrogen) atoms. The van der Waals surface area contributed by atoms with Gasteiger partial charge in [-0.1, -0.05) is 6.42 Å². The zero-order valence-corrected chi connectivity index (χ0v) is 24.1. The lowest BCUT2D eigenvalue weighted by Gasteiger charge is -2.35. The van der Waals surface area contributed by atoms with E-state index in [-0.39, 0.29) is 17.9 Å². The van der Waals surface area contributed by atoms with Gasteiger partial charge in [0.25, 0.3) is 5.91 Å². The standard InChI is InChI=1S/C29H39BrN6O2/c1-34-16-12-23(13-17-34)35(2)27(37)20-8-10-22(11-9-20)32-29-31-19-25(30)26(33-29)18-21-6-5-7-24(21)28(38)36-14-3-4-15-36/h8-11,19,21,23-24H,3-7,12-18H2,1-2H3,(H,31,32,33)/t21-,24-/m0/s1. The van der Waals surface area contributed by atoms with Crippen LogP contribution in [0.3, 0.4) is 0 Å². The molecular weight excluding hydrogens is 544 g/mol. The van der Waals surface area contributed by atoms with Crippen LogP contribution in [0, 0.1) is 11.8 Å². The highest BCUT2D eigenvalue weighted by Crippen LogP contribution is 2.37. The number of hydrogen-bond donors (Lipinski definition) is 1. The summed E-state index contributed by atoms with van der Waals surface area (Å²) in [5.74, 6) is 1.33. The number of rotatable bonds is 7. The fraction of sp³-hybridized carbons (Fsp3) is 0.586. The highest BCUT2D eigenvalue weighted by molar-refractivity contribution is 9.10. The summed E-state index contributed by atoms with van der Waals surface area (Å²) >= 11 is 3.63. The van der Waals surface area contributed by atoms with E-state index in [1.54, 1.807) is 6.20 Å². The summed E-state index contributed by atoms with van der Waals surface area (Å²) < 4.78 is 0.875. The molecule has 2 aliphatic heterocycles. The van der Waals surface area contributed by atoms with E-state index in [9.17, 15) is 9.59 Å². The van der Waals surface area contributed by atoms with Gasteiger partial charge in [-0.3, -0.25) is 9.59 Å². The first-order valence-electron chi connectivity index (χ1n) is 14.0. The second-order valence-electron chi connectivity index (χ2n) is 11.2. The van der Waals surface area contributed by atoms with Crippen molar-refractivity contribution in [1.29, 1.82) is 0 Å². The van der Waals surface area contributed by atoms with E-state index in [0.717, 1.165) is 93.4 Å². The Bertz CT molecular complexity index is 1130. The predicted octanol–water partition coefficient (Wildman–Crippen LogP) is 4.73. The molecule has 2 saturated heterocycles. The average Bonchev–Trinajstić information content (AvgIpc) is 3.63. The van der Waals surface area contributed by atoms with E-state index in [1.807, 2.05) is 36.2 Å². The molecule has 1 N–H and O–H groups in total. The normalized spacial score (nSPS) is 22.6. The number of hydrogen-bond acceptors (Lipinski definition) is 6. The van der Waals surface area contributed by atoms with Crippen LogP contribution in [0.5, 0.6) is 0 Å². The number of anilines is 2. The number of likely N-dealkylation sites (tertiary alicyclic amines) is 2. The number of amides is 2. The van der Waals surface area contributed by atoms with Crippen LogP contribution in [0.4, 0.5) is 11.6 Å². The zero-order chi connectivity index (χ0) is 26.6. The van der Waals surface area contributed by atoms with Gasteiger partial charge in [0.2, 0.25) is 11.9 Å². The molecule has 9 heteroatoms. The maximum absolute atomic E-state index is 13.1. The molecule has 2 atom stereocenters. The Morgan fingerprint density at radius 3 is 2.45 bits per heavy atom. The summed E-state index contributed by atoms with van der Waals surface area (Å²) in [4.78, 5) is 41.7. The molecule has 2 amide bonds. The third kappa shape index (κ3) is 6.20. The largest absolute Gasteiger partial charge is 0.342 e. The van der Waals surface area contributed by atoms with E-state index < -0.39 is 0 Å². The smallest absolute Gasteiger partial charge is 0.253 e. The number of carbonyl (C=O) groups excluding carboxylic acids is 2. The lowest BCUT2D eigenvalue weighted by atomic mass is 9.90. The zero-order valence-electron chi connectivity index (χ0n) is 22.5. The minimum Gasteiger partial charge on any atom is -0.342 e. The van der Waals surface area contributed by atoms with Gasteiger partial charge < -0.3 is 20.0 Å². The fourth-order valence-electron chi connectivity index (χ4n) is 6.21. The third-order valence-corrected chi connectivity index (χ3v) is 9.27. The number of benzene rings is 1. The Hall–Kier alpha value is -2.52. The third-order valence-electron chi connectivity index (χ3n) is 8.61. The van der Waals surface area contributed by atoms with Crippen molar-refractivity contribution in [2.24, 2.45) is 11.8 Å². The van der Waals surface area contributed by atoms with Crippen LogP contribution in [0.1, 0.15) is 61.0 Å². The average molecular weight is 584 g/mol. The lowest BCUT2D eigenvalue weighted by molar-refractivity contribution is -0.135. The van der Waals surface area contributed by atoms with E-state index in [2.05, 4.69) is 43.1 Å². The van der Waals surface area contributed by atoms with Gasteiger partial charge in [0.1, 0.15) is 0 Å². The molecule has 0 spiro atoms. The summed E-state index contributed by atoms with van der Waals surface area (Å²) in [5.41, 5.74) is 2.45. The van der Waals surface area contributed by atoms with Crippen molar-refractivity contribution < 1.29 is 9.59 Å². The van der Waals surface area contributed by atoms with Crippen LogP contribution in [0.2, 0.25) is 0 Å². The van der Waals surface area contributed by atoms with Gasteiger partial charge in [-0.25, -0.2) is 9.97 Å². The van der Waals surface area contributed by atoms with Gasteiger partial charge in [0, 0.05) is 49.5 Å². The van der Waals surface area contributed by atoms with Gasteiger partial charge >= 0.3 is 0 Å². The molecule has 2 aromatic rings. The van der Waals surface area contributed by atoms with Crippen LogP contribution in [0.25, 0.3) is 0 Å². The van der Waals surface area contributed by atoms with Crippen molar-refractivity contribution in [3.8, 4) is 0 Å². The van der Waals surface area contributed by atoms with E-state index in [4.69, 9.17) is 4.98 Å². The van der Waals surface area contributed by atoms with Crippen molar-refractivity contribution >= 4 is 39.4 Å². The quantitative estimate of drug-likeness (QED) is 0.508. The second-order valence-corrected chi connectivity index (χ2v) is 12.0. The van der Waals surface area contributed by atoms with Crippen molar-refractivity contribution in [2.45, 2.75) is 57.4 Å². The van der Waals surface area contributed by atoms with Crippen molar-refractivity contribution in [1.82, 2.24) is 24.7 Å². The first kappa shape index (κ1) is 27.1. The summed E-state index contributed by atoms with van der Waals surface area (Å²) in [6, 6.07) is 7.83. The van der Waals surface area contributed by atoms with Crippen molar-refractivity contribution in [2.75, 3.05) is 45.6 Å². The summed E-state index contributed by atoms with van der Waals surface area (Å²) in [5, 5.41) is 3.29. The van der Waals surface area contributed by atoms with Crippen LogP contribution in [-0.4, -0.2) is 82.8 Å². The minimum absolute atomic E-state index is 0.0582. The minimum atomic E-state index is 0.0582. The van der Waals surface area contributed by atoms with Gasteiger partial charge in [-0.05, 0) is 111 Å². The molecule has 0 radical (unpaired) electrons. The summed E-state index contributed by atoms with van der Waals surface area (Å²) in [6.45, 7) is 3.87. The molecule has 0 unspecified atom stereocenters. The maximum Gasteiger partial charge on any atom is 0.253 e. The Morgan fingerprint density at radius 2 is 1.74 bits per heavy atom. The van der Waals surface area contributed by atoms with Crippen LogP contribution in [0.15, 0.2) is 34.9 Å². The highest BCUT2D eigenvalue weighted by Gasteiger charge is 2.36. The van der Waals surface area contributed by atoms with Crippen LogP contribution in [-0.2, 0) is 11.2 Å². The number of nitrogens with one attached hydrogen (secondary N) is 1. The molecule has 8 nitrogen and oxygen atoms in total. The molecule has 3 fully saturated rings. The van der Waals surface area contributed by atoms with Crippen LogP contribution >= 0.6 is 15.9 Å². The van der Waals surface area contributed by atoms with Gasteiger partial charge in [-0.2, -0.15) is 0 Å². The summed E-state index contributed by atoms with van der Waals surface area (Å²) in [7, 11) is 4.04. The Kier molecular flexibility index (Phi) is 8.63. The fourth-order valence-corrected chi connectivity index (χ4v) is 6.56. The molecule has 0 bridgehead atoms. The number of aromatic nitrogens is 2. The monoisotopic (exact) mass is 582 g/mol. The van der Waals surface area contributed by atoms with E-state index in [1.165, 1.54) is 0 Å². The molecule has 204 valence electrons. The molecule has 1 aliphatic carbocycles. The molecule has 1 saturated carbocycles. The highest BCUT2D eigenvalue weighted by atomic mass is 79.9. The molecule has 1 aromatic heterocycles. The SMILES string of the molecule is CN1CCC(N(C)C(=O)c2ccc(Nc3ncc(Br)c(C[C@@H]4CCC[C@@H]4C(=O)N4CCCC4)n3)cc2)CC1. The maximum atomic E-state index is 13.1. The predicted molar refractivity (Wildman–Crippen MR) is 152 cm³/mol. The lowest BCUT2D eigenvalue weighted by Crippen LogP contribution is -2.44. The first-order chi connectivity index (χ1) is 18.4. The van der Waals surface area contributed by atoms with Gasteiger partial charge in [-0.15, -0.1) is 0 Å².